The Morgan fingerprint density at radius 3 is 3.00 bits per heavy atom. The van der Waals surface area contributed by atoms with Crippen LogP contribution in [0.4, 0.5) is 0 Å². The number of benzene rings is 1. The predicted octanol–water partition coefficient (Wildman–Crippen LogP) is 1.78. The summed E-state index contributed by atoms with van der Waals surface area (Å²) in [7, 11) is 0. The van der Waals surface area contributed by atoms with Crippen LogP contribution in [-0.2, 0) is 0 Å². The normalized spacial score (nSPS) is 22.1. The van der Waals surface area contributed by atoms with Crippen molar-refractivity contribution in [3.05, 3.63) is 29.3 Å². The second kappa shape index (κ2) is 3.38. The van der Waals surface area contributed by atoms with E-state index in [9.17, 15) is 5.11 Å². The lowest BCUT2D eigenvalue weighted by Crippen LogP contribution is -2.08. The third-order valence-electron chi connectivity index (χ3n) is 2.85. The standard InChI is InChI=1S/C11H15NO/c1-8-10(3-2-4-11(8)13)9-5-6-12-7-9/h2-4,9,12-13H,5-7H2,1H3. The van der Waals surface area contributed by atoms with E-state index in [2.05, 4.69) is 11.4 Å². The molecule has 1 fully saturated rings. The molecule has 1 aliphatic rings. The van der Waals surface area contributed by atoms with Gasteiger partial charge < -0.3 is 10.4 Å². The molecule has 70 valence electrons. The van der Waals surface area contributed by atoms with Gasteiger partial charge in [0.1, 0.15) is 5.75 Å². The average Bonchev–Trinajstić information content (AvgIpc) is 2.62. The molecule has 13 heavy (non-hydrogen) atoms. The van der Waals surface area contributed by atoms with Crippen LogP contribution in [0.25, 0.3) is 0 Å². The highest BCUT2D eigenvalue weighted by atomic mass is 16.3. The molecule has 0 spiro atoms. The number of nitrogens with one attached hydrogen (secondary N) is 1. The minimum Gasteiger partial charge on any atom is -0.508 e. The third kappa shape index (κ3) is 1.54. The Bertz CT molecular complexity index is 303. The van der Waals surface area contributed by atoms with E-state index in [1.54, 1.807) is 6.07 Å². The molecule has 0 saturated carbocycles. The van der Waals surface area contributed by atoms with Crippen LogP contribution in [0.2, 0.25) is 0 Å². The smallest absolute Gasteiger partial charge is 0.118 e. The van der Waals surface area contributed by atoms with Gasteiger partial charge in [0.15, 0.2) is 0 Å². The van der Waals surface area contributed by atoms with Gasteiger partial charge in [-0.15, -0.1) is 0 Å². The van der Waals surface area contributed by atoms with E-state index < -0.39 is 0 Å². The summed E-state index contributed by atoms with van der Waals surface area (Å²) in [6.45, 7) is 4.13. The summed E-state index contributed by atoms with van der Waals surface area (Å²) in [4.78, 5) is 0. The first-order valence-electron chi connectivity index (χ1n) is 4.78. The van der Waals surface area contributed by atoms with Crippen molar-refractivity contribution in [2.75, 3.05) is 13.1 Å². The van der Waals surface area contributed by atoms with Crippen LogP contribution in [0.15, 0.2) is 18.2 Å². The monoisotopic (exact) mass is 177 g/mol. The number of rotatable bonds is 1. The molecule has 2 nitrogen and oxygen atoms in total. The molecule has 0 radical (unpaired) electrons. The van der Waals surface area contributed by atoms with Crippen molar-refractivity contribution in [1.29, 1.82) is 0 Å². The van der Waals surface area contributed by atoms with Crippen molar-refractivity contribution in [3.63, 3.8) is 0 Å². The molecule has 2 rings (SSSR count). The van der Waals surface area contributed by atoms with Gasteiger partial charge in [-0.1, -0.05) is 12.1 Å². The van der Waals surface area contributed by atoms with Crippen molar-refractivity contribution in [1.82, 2.24) is 5.32 Å². The summed E-state index contributed by atoms with van der Waals surface area (Å²) in [5.41, 5.74) is 2.33. The van der Waals surface area contributed by atoms with Crippen molar-refractivity contribution in [3.8, 4) is 5.75 Å². The lowest BCUT2D eigenvalue weighted by molar-refractivity contribution is 0.469. The molecule has 1 saturated heterocycles. The van der Waals surface area contributed by atoms with Crippen LogP contribution in [-0.4, -0.2) is 18.2 Å². The highest BCUT2D eigenvalue weighted by Gasteiger charge is 2.18. The van der Waals surface area contributed by atoms with Gasteiger partial charge in [0.2, 0.25) is 0 Å². The summed E-state index contributed by atoms with van der Waals surface area (Å²) in [6, 6.07) is 5.80. The summed E-state index contributed by atoms with van der Waals surface area (Å²) < 4.78 is 0. The Kier molecular flexibility index (Phi) is 2.23. The Balaban J connectivity index is 2.33. The van der Waals surface area contributed by atoms with E-state index in [4.69, 9.17) is 0 Å². The largest absolute Gasteiger partial charge is 0.508 e. The fraction of sp³-hybridized carbons (Fsp3) is 0.455. The van der Waals surface area contributed by atoms with Gasteiger partial charge in [-0.2, -0.15) is 0 Å². The number of hydrogen-bond donors (Lipinski definition) is 2. The van der Waals surface area contributed by atoms with Gasteiger partial charge in [-0.3, -0.25) is 0 Å². The summed E-state index contributed by atoms with van der Waals surface area (Å²) in [5.74, 6) is 1.01. The SMILES string of the molecule is Cc1c(O)cccc1C1CCNC1. The topological polar surface area (TPSA) is 32.3 Å². The van der Waals surface area contributed by atoms with Gasteiger partial charge in [-0.25, -0.2) is 0 Å². The fourth-order valence-corrected chi connectivity index (χ4v) is 2.00. The molecule has 0 bridgehead atoms. The maximum atomic E-state index is 9.54. The zero-order chi connectivity index (χ0) is 9.26. The minimum atomic E-state index is 0.421. The van der Waals surface area contributed by atoms with Crippen molar-refractivity contribution in [2.24, 2.45) is 0 Å². The first-order valence-corrected chi connectivity index (χ1v) is 4.78. The molecule has 2 N–H and O–H groups in total. The molecule has 0 aromatic heterocycles. The zero-order valence-electron chi connectivity index (χ0n) is 7.88. The number of hydrogen-bond acceptors (Lipinski definition) is 2. The Morgan fingerprint density at radius 1 is 1.46 bits per heavy atom. The first kappa shape index (κ1) is 8.57. The van der Waals surface area contributed by atoms with Crippen LogP contribution in [0.5, 0.6) is 5.75 Å². The number of phenolic OH excluding ortho intramolecular Hbond substituents is 1. The molecule has 1 aromatic rings. The van der Waals surface area contributed by atoms with E-state index in [0.717, 1.165) is 18.7 Å². The number of phenols is 1. The van der Waals surface area contributed by atoms with Crippen molar-refractivity contribution >= 4 is 0 Å². The molecule has 0 amide bonds. The van der Waals surface area contributed by atoms with Gasteiger partial charge >= 0.3 is 0 Å². The molecule has 2 heteroatoms. The van der Waals surface area contributed by atoms with E-state index >= 15 is 0 Å². The van der Waals surface area contributed by atoms with Crippen LogP contribution < -0.4 is 5.32 Å². The van der Waals surface area contributed by atoms with E-state index in [0.29, 0.717) is 11.7 Å². The summed E-state index contributed by atoms with van der Waals surface area (Å²) in [5, 5.41) is 12.9. The highest BCUT2D eigenvalue weighted by Crippen LogP contribution is 2.29. The van der Waals surface area contributed by atoms with E-state index in [1.807, 2.05) is 13.0 Å². The molecular weight excluding hydrogens is 162 g/mol. The average molecular weight is 177 g/mol. The lowest BCUT2D eigenvalue weighted by atomic mass is 9.94. The zero-order valence-corrected chi connectivity index (χ0v) is 7.88. The Hall–Kier alpha value is -1.02. The molecule has 1 heterocycles. The maximum Gasteiger partial charge on any atom is 0.118 e. The molecule has 1 atom stereocenters. The first-order chi connectivity index (χ1) is 6.29. The van der Waals surface area contributed by atoms with Gasteiger partial charge in [0, 0.05) is 6.54 Å². The molecule has 0 aliphatic carbocycles. The molecule has 1 aliphatic heterocycles. The molecule has 1 unspecified atom stereocenters. The molecule has 1 aromatic carbocycles. The second-order valence-electron chi connectivity index (χ2n) is 3.68. The number of aromatic hydroxyl groups is 1. The van der Waals surface area contributed by atoms with Crippen molar-refractivity contribution < 1.29 is 5.11 Å². The lowest BCUT2D eigenvalue weighted by Gasteiger charge is -2.12. The van der Waals surface area contributed by atoms with E-state index in [-0.39, 0.29) is 0 Å². The third-order valence-corrected chi connectivity index (χ3v) is 2.85. The van der Waals surface area contributed by atoms with Gasteiger partial charge in [0.25, 0.3) is 0 Å². The van der Waals surface area contributed by atoms with Crippen LogP contribution in [0.3, 0.4) is 0 Å². The maximum absolute atomic E-state index is 9.54. The minimum absolute atomic E-state index is 0.421. The Morgan fingerprint density at radius 2 is 2.31 bits per heavy atom. The summed E-state index contributed by atoms with van der Waals surface area (Å²) >= 11 is 0. The molecular formula is C11H15NO. The van der Waals surface area contributed by atoms with Gasteiger partial charge in [-0.05, 0) is 43.0 Å². The fourth-order valence-electron chi connectivity index (χ4n) is 2.00. The van der Waals surface area contributed by atoms with Crippen LogP contribution >= 0.6 is 0 Å². The Labute approximate surface area is 78.6 Å². The predicted molar refractivity (Wildman–Crippen MR) is 53.1 cm³/mol. The van der Waals surface area contributed by atoms with Crippen LogP contribution in [0, 0.1) is 6.92 Å². The highest BCUT2D eigenvalue weighted by molar-refractivity contribution is 5.40. The van der Waals surface area contributed by atoms with Crippen LogP contribution in [0.1, 0.15) is 23.5 Å². The van der Waals surface area contributed by atoms with E-state index in [1.165, 1.54) is 12.0 Å². The quantitative estimate of drug-likeness (QED) is 0.685. The summed E-state index contributed by atoms with van der Waals surface area (Å²) in [6.07, 6.45) is 1.18. The second-order valence-corrected chi connectivity index (χ2v) is 3.68. The van der Waals surface area contributed by atoms with Crippen molar-refractivity contribution in [2.45, 2.75) is 19.3 Å². The van der Waals surface area contributed by atoms with Gasteiger partial charge in [0.05, 0.1) is 0 Å².